The van der Waals surface area contributed by atoms with E-state index in [1.54, 1.807) is 6.08 Å². The first-order chi connectivity index (χ1) is 8.95. The van der Waals surface area contributed by atoms with Gasteiger partial charge < -0.3 is 5.32 Å². The van der Waals surface area contributed by atoms with Crippen LogP contribution in [0.4, 0.5) is 0 Å². The summed E-state index contributed by atoms with van der Waals surface area (Å²) < 4.78 is 0. The van der Waals surface area contributed by atoms with Crippen LogP contribution in [0.1, 0.15) is 23.6 Å². The van der Waals surface area contributed by atoms with E-state index >= 15 is 0 Å². The Morgan fingerprint density at radius 2 is 1.95 bits per heavy atom. The molecule has 1 aromatic rings. The third-order valence-corrected chi connectivity index (χ3v) is 2.90. The molecule has 100 valence electrons. The second-order valence-electron chi connectivity index (χ2n) is 4.92. The lowest BCUT2D eigenvalue weighted by Crippen LogP contribution is -2.16. The van der Waals surface area contributed by atoms with Crippen molar-refractivity contribution in [3.63, 3.8) is 0 Å². The number of hydrogen-bond donors (Lipinski definition) is 1. The molecule has 0 spiro atoms. The molecule has 0 radical (unpaired) electrons. The van der Waals surface area contributed by atoms with Gasteiger partial charge in [-0.1, -0.05) is 61.2 Å². The maximum absolute atomic E-state index is 4.12. The Morgan fingerprint density at radius 1 is 1.26 bits per heavy atom. The lowest BCUT2D eigenvalue weighted by Gasteiger charge is -2.16. The van der Waals surface area contributed by atoms with Crippen molar-refractivity contribution in [1.82, 2.24) is 5.32 Å². The molecule has 0 atom stereocenters. The highest BCUT2D eigenvalue weighted by Gasteiger charge is 2.08. The summed E-state index contributed by atoms with van der Waals surface area (Å²) in [4.78, 5) is 0. The van der Waals surface area contributed by atoms with Gasteiger partial charge in [0, 0.05) is 17.8 Å². The summed E-state index contributed by atoms with van der Waals surface area (Å²) in [6.07, 6.45) is 3.79. The molecule has 0 unspecified atom stereocenters. The van der Waals surface area contributed by atoms with Gasteiger partial charge in [0.1, 0.15) is 0 Å². The molecule has 0 saturated carbocycles. The van der Waals surface area contributed by atoms with Crippen LogP contribution in [0.25, 0.3) is 5.57 Å². The second kappa shape index (κ2) is 6.79. The van der Waals surface area contributed by atoms with E-state index in [1.807, 2.05) is 13.0 Å². The molecule has 0 bridgehead atoms. The topological polar surface area (TPSA) is 12.0 Å². The van der Waals surface area contributed by atoms with E-state index in [0.717, 1.165) is 23.4 Å². The molecule has 0 fully saturated rings. The zero-order chi connectivity index (χ0) is 14.4. The molecule has 19 heavy (non-hydrogen) atoms. The summed E-state index contributed by atoms with van der Waals surface area (Å²) in [5, 5.41) is 3.30. The fourth-order valence-electron chi connectivity index (χ4n) is 1.85. The average Bonchev–Trinajstić information content (AvgIpc) is 2.36. The van der Waals surface area contributed by atoms with Gasteiger partial charge in [-0.05, 0) is 31.9 Å². The summed E-state index contributed by atoms with van der Waals surface area (Å²) in [6, 6.07) is 6.43. The number of benzene rings is 1. The number of hydrogen-bond acceptors (Lipinski definition) is 1. The molecule has 1 heteroatoms. The Hall–Kier alpha value is -2.02. The van der Waals surface area contributed by atoms with Crippen molar-refractivity contribution in [2.24, 2.45) is 0 Å². The minimum absolute atomic E-state index is 0.734. The SMILES string of the molecule is C=C/C=C(/C(=C)NCC(=C)C)c1cc(C)ccc1C. The summed E-state index contributed by atoms with van der Waals surface area (Å²) in [5.74, 6) is 0. The molecule has 1 aromatic carbocycles. The van der Waals surface area contributed by atoms with Crippen molar-refractivity contribution in [2.75, 3.05) is 6.54 Å². The Labute approximate surface area is 117 Å². The smallest absolute Gasteiger partial charge is 0.0354 e. The van der Waals surface area contributed by atoms with E-state index in [2.05, 4.69) is 57.1 Å². The summed E-state index contributed by atoms with van der Waals surface area (Å²) >= 11 is 0. The lowest BCUT2D eigenvalue weighted by molar-refractivity contribution is 0.906. The average molecular weight is 253 g/mol. The number of nitrogens with one attached hydrogen (secondary N) is 1. The van der Waals surface area contributed by atoms with Crippen LogP contribution in [0.2, 0.25) is 0 Å². The number of aryl methyl sites for hydroxylation is 2. The van der Waals surface area contributed by atoms with Crippen molar-refractivity contribution in [3.05, 3.63) is 78.0 Å². The van der Waals surface area contributed by atoms with Gasteiger partial charge in [0.05, 0.1) is 0 Å². The molecule has 0 aromatic heterocycles. The third-order valence-electron chi connectivity index (χ3n) is 2.90. The van der Waals surface area contributed by atoms with Gasteiger partial charge in [0.15, 0.2) is 0 Å². The van der Waals surface area contributed by atoms with E-state index in [1.165, 1.54) is 16.7 Å². The highest BCUT2D eigenvalue weighted by molar-refractivity contribution is 5.80. The predicted molar refractivity (Wildman–Crippen MR) is 86.0 cm³/mol. The van der Waals surface area contributed by atoms with Gasteiger partial charge in [0.25, 0.3) is 0 Å². The highest BCUT2D eigenvalue weighted by Crippen LogP contribution is 2.25. The molecule has 0 saturated heterocycles. The normalized spacial score (nSPS) is 11.0. The van der Waals surface area contributed by atoms with Crippen LogP contribution < -0.4 is 5.32 Å². The van der Waals surface area contributed by atoms with Gasteiger partial charge in [-0.25, -0.2) is 0 Å². The zero-order valence-electron chi connectivity index (χ0n) is 12.2. The zero-order valence-corrected chi connectivity index (χ0v) is 12.2. The van der Waals surface area contributed by atoms with Gasteiger partial charge in [0.2, 0.25) is 0 Å². The van der Waals surface area contributed by atoms with E-state index in [-0.39, 0.29) is 0 Å². The molecule has 1 N–H and O–H groups in total. The van der Waals surface area contributed by atoms with Crippen LogP contribution in [-0.2, 0) is 0 Å². The Bertz CT molecular complexity index is 533. The van der Waals surface area contributed by atoms with Crippen molar-refractivity contribution in [3.8, 4) is 0 Å². The standard InChI is InChI=1S/C18H23N/c1-7-8-17(16(6)19-12-13(2)3)18-11-14(4)9-10-15(18)5/h7-11,19H,1-2,6,12H2,3-5H3/b17-8-. The largest absolute Gasteiger partial charge is 0.381 e. The van der Waals surface area contributed by atoms with Gasteiger partial charge in [-0.15, -0.1) is 0 Å². The van der Waals surface area contributed by atoms with Crippen LogP contribution in [0.15, 0.2) is 61.4 Å². The van der Waals surface area contributed by atoms with E-state index in [4.69, 9.17) is 0 Å². The molecular formula is C18H23N. The second-order valence-corrected chi connectivity index (χ2v) is 4.92. The first-order valence-electron chi connectivity index (χ1n) is 6.43. The van der Waals surface area contributed by atoms with Crippen molar-refractivity contribution in [2.45, 2.75) is 20.8 Å². The maximum Gasteiger partial charge on any atom is 0.0354 e. The first-order valence-corrected chi connectivity index (χ1v) is 6.43. The number of rotatable bonds is 6. The Morgan fingerprint density at radius 3 is 2.53 bits per heavy atom. The molecule has 0 heterocycles. The molecule has 1 rings (SSSR count). The van der Waals surface area contributed by atoms with Crippen LogP contribution >= 0.6 is 0 Å². The fraction of sp³-hybridized carbons (Fsp3) is 0.222. The van der Waals surface area contributed by atoms with E-state index in [9.17, 15) is 0 Å². The lowest BCUT2D eigenvalue weighted by atomic mass is 9.96. The van der Waals surface area contributed by atoms with Gasteiger partial charge >= 0.3 is 0 Å². The van der Waals surface area contributed by atoms with Gasteiger partial charge in [-0.3, -0.25) is 0 Å². The minimum Gasteiger partial charge on any atom is -0.381 e. The summed E-state index contributed by atoms with van der Waals surface area (Å²) in [5.41, 5.74) is 6.73. The predicted octanol–water partition coefficient (Wildman–Crippen LogP) is 4.55. The van der Waals surface area contributed by atoms with Crippen molar-refractivity contribution in [1.29, 1.82) is 0 Å². The van der Waals surface area contributed by atoms with Crippen LogP contribution in [0.3, 0.4) is 0 Å². The Balaban J connectivity index is 3.10. The number of allylic oxidation sites excluding steroid dienone is 3. The summed E-state index contributed by atoms with van der Waals surface area (Å²) in [7, 11) is 0. The molecule has 0 aliphatic heterocycles. The maximum atomic E-state index is 4.12. The van der Waals surface area contributed by atoms with Crippen molar-refractivity contribution < 1.29 is 0 Å². The molecule has 1 nitrogen and oxygen atoms in total. The first kappa shape index (κ1) is 15.0. The Kier molecular flexibility index (Phi) is 5.37. The monoisotopic (exact) mass is 253 g/mol. The van der Waals surface area contributed by atoms with Gasteiger partial charge in [-0.2, -0.15) is 0 Å². The van der Waals surface area contributed by atoms with Crippen LogP contribution in [-0.4, -0.2) is 6.54 Å². The fourth-order valence-corrected chi connectivity index (χ4v) is 1.85. The minimum atomic E-state index is 0.734. The molecular weight excluding hydrogens is 230 g/mol. The summed E-state index contributed by atoms with van der Waals surface area (Å²) in [6.45, 7) is 18.7. The quantitative estimate of drug-likeness (QED) is 0.579. The third kappa shape index (κ3) is 4.29. The molecule has 0 aliphatic carbocycles. The highest BCUT2D eigenvalue weighted by atomic mass is 14.9. The van der Waals surface area contributed by atoms with E-state index in [0.29, 0.717) is 0 Å². The van der Waals surface area contributed by atoms with E-state index < -0.39 is 0 Å². The molecule has 0 amide bonds. The van der Waals surface area contributed by atoms with Crippen molar-refractivity contribution >= 4 is 5.57 Å². The van der Waals surface area contributed by atoms with Crippen LogP contribution in [0, 0.1) is 13.8 Å². The molecule has 0 aliphatic rings. The van der Waals surface area contributed by atoms with Crippen LogP contribution in [0.5, 0.6) is 0 Å².